The Labute approximate surface area is 233 Å². The fourth-order valence-electron chi connectivity index (χ4n) is 6.11. The molecule has 0 N–H and O–H groups in total. The molecule has 0 saturated carbocycles. The second-order valence-corrected chi connectivity index (χ2v) is 16.1. The number of nitrogens with zero attached hydrogens (tertiary/aromatic N) is 2. The minimum atomic E-state index is -2.11. The first kappa shape index (κ1) is 22.9. The summed E-state index contributed by atoms with van der Waals surface area (Å²) in [6.45, 7) is 0. The van der Waals surface area contributed by atoms with Gasteiger partial charge in [-0.25, -0.2) is 0 Å². The van der Waals surface area contributed by atoms with Crippen LogP contribution in [0.15, 0.2) is 140 Å². The maximum absolute atomic E-state index is 5.33. The van der Waals surface area contributed by atoms with Crippen molar-refractivity contribution in [3.63, 3.8) is 0 Å². The molecule has 0 unspecified atom stereocenters. The zero-order valence-electron chi connectivity index (χ0n) is 21.0. The molecule has 0 bridgehead atoms. The summed E-state index contributed by atoms with van der Waals surface area (Å²) in [7, 11) is 0. The molecule has 6 aromatic carbocycles. The molecule has 0 aliphatic rings. The molecule has 0 fully saturated rings. The molecule has 2 aromatic heterocycles. The summed E-state index contributed by atoms with van der Waals surface area (Å²) in [6.07, 6.45) is 0. The van der Waals surface area contributed by atoms with Gasteiger partial charge in [0.1, 0.15) is 0 Å². The summed E-state index contributed by atoms with van der Waals surface area (Å²) in [5.41, 5.74) is 2.27. The van der Waals surface area contributed by atoms with E-state index in [1.165, 1.54) is 53.9 Å². The second-order valence-electron chi connectivity index (χ2n) is 9.92. The van der Waals surface area contributed by atoms with Crippen molar-refractivity contribution in [1.82, 2.24) is 9.38 Å². The molecule has 0 saturated heterocycles. The number of para-hydroxylation sites is 2. The van der Waals surface area contributed by atoms with Gasteiger partial charge in [-0.3, -0.25) is 0 Å². The first-order valence-electron chi connectivity index (χ1n) is 13.1. The Bertz CT molecular complexity index is 2210. The summed E-state index contributed by atoms with van der Waals surface area (Å²) < 4.78 is 2.41. The average Bonchev–Trinajstić information content (AvgIpc) is 3.41. The van der Waals surface area contributed by atoms with Gasteiger partial charge in [0, 0.05) is 0 Å². The van der Waals surface area contributed by atoms with Crippen LogP contribution in [-0.2, 0) is 0 Å². The Morgan fingerprint density at radius 2 is 1.18 bits per heavy atom. The molecule has 0 radical (unpaired) electrons. The predicted molar refractivity (Wildman–Crippen MR) is 170 cm³/mol. The maximum atomic E-state index is 5.33. The normalized spacial score (nSPS) is 12.2. The Morgan fingerprint density at radius 1 is 0.538 bits per heavy atom. The van der Waals surface area contributed by atoms with E-state index in [0.29, 0.717) is 0 Å². The molecule has 2 nitrogen and oxygen atoms in total. The summed E-state index contributed by atoms with van der Waals surface area (Å²) in [5, 5.41) is 10.1. The molecule has 0 aliphatic carbocycles. The van der Waals surface area contributed by atoms with Crippen molar-refractivity contribution in [3.05, 3.63) is 140 Å². The minimum absolute atomic E-state index is 1.00. The van der Waals surface area contributed by atoms with Crippen molar-refractivity contribution in [2.24, 2.45) is 0 Å². The zero-order chi connectivity index (χ0) is 26.0. The van der Waals surface area contributed by atoms with Gasteiger partial charge in [0.25, 0.3) is 0 Å². The summed E-state index contributed by atoms with van der Waals surface area (Å²) in [6, 6.07) is 50.4. The van der Waals surface area contributed by atoms with E-state index in [1.807, 2.05) is 0 Å². The van der Waals surface area contributed by atoms with Gasteiger partial charge in [0.15, 0.2) is 0 Å². The third-order valence-electron chi connectivity index (χ3n) is 7.82. The zero-order valence-corrected chi connectivity index (χ0v) is 23.6. The van der Waals surface area contributed by atoms with Crippen LogP contribution < -0.4 is 15.9 Å². The third kappa shape index (κ3) is 3.28. The van der Waals surface area contributed by atoms with Crippen LogP contribution in [0.1, 0.15) is 0 Å². The number of aromatic nitrogens is 2. The second kappa shape index (κ2) is 8.76. The van der Waals surface area contributed by atoms with Gasteiger partial charge in [-0.1, -0.05) is 0 Å². The number of pyridine rings is 1. The van der Waals surface area contributed by atoms with Gasteiger partial charge in [0.05, 0.1) is 0 Å². The monoisotopic (exact) mass is 582 g/mol. The van der Waals surface area contributed by atoms with E-state index >= 15 is 0 Å². The number of imidazole rings is 1. The first-order valence-corrected chi connectivity index (χ1v) is 17.1. The van der Waals surface area contributed by atoms with Gasteiger partial charge < -0.3 is 0 Å². The van der Waals surface area contributed by atoms with Crippen molar-refractivity contribution < 1.29 is 0 Å². The molecule has 0 atom stereocenters. The predicted octanol–water partition coefficient (Wildman–Crippen LogP) is 7.32. The van der Waals surface area contributed by atoms with Crippen molar-refractivity contribution >= 4 is 85.6 Å². The first-order chi connectivity index (χ1) is 19.2. The van der Waals surface area contributed by atoms with Gasteiger partial charge in [0.2, 0.25) is 0 Å². The Balaban J connectivity index is 1.61. The number of rotatable bonds is 3. The molecule has 2 heterocycles. The number of hydrogen-bond donors (Lipinski definition) is 0. The van der Waals surface area contributed by atoms with Crippen molar-refractivity contribution in [1.29, 1.82) is 0 Å². The van der Waals surface area contributed by atoms with E-state index < -0.39 is 5.51 Å². The molecule has 8 aromatic rings. The molecule has 0 spiro atoms. The standard InChI is InChI=1S/C35H23N2PSe/c39-38(25-13-3-1-4-14-25,26-15-5-2-6-16-26)32-21-11-19-30-34(32)37-31-20-10-9-18-28(31)33-27-17-8-7-12-24(27)22-23-29(33)35(37)36-30/h1-23H. The van der Waals surface area contributed by atoms with Gasteiger partial charge in [-0.15, -0.1) is 0 Å². The van der Waals surface area contributed by atoms with Crippen LogP contribution in [0.25, 0.3) is 49.1 Å². The third-order valence-corrected chi connectivity index (χ3v) is 14.8. The van der Waals surface area contributed by atoms with Crippen LogP contribution in [0.2, 0.25) is 0 Å². The Hall–Kier alpha value is -4.00. The van der Waals surface area contributed by atoms with Crippen LogP contribution in [0, 0.1) is 0 Å². The van der Waals surface area contributed by atoms with Crippen LogP contribution in [0.3, 0.4) is 0 Å². The fraction of sp³-hybridized carbons (Fsp3) is 0. The molecular formula is C35H23N2PSe. The molecule has 4 heteroatoms. The van der Waals surface area contributed by atoms with Gasteiger partial charge in [-0.2, -0.15) is 0 Å². The molecular weight excluding hydrogens is 558 g/mol. The van der Waals surface area contributed by atoms with E-state index in [-0.39, 0.29) is 0 Å². The summed E-state index contributed by atoms with van der Waals surface area (Å²) in [5.74, 6) is 0. The fourth-order valence-corrected chi connectivity index (χ4v) is 11.4. The number of hydrogen-bond acceptors (Lipinski definition) is 1. The van der Waals surface area contributed by atoms with E-state index in [1.54, 1.807) is 0 Å². The van der Waals surface area contributed by atoms with Crippen molar-refractivity contribution in [3.8, 4) is 0 Å². The Kier molecular flexibility index (Phi) is 5.15. The van der Waals surface area contributed by atoms with Gasteiger partial charge in [-0.05, 0) is 0 Å². The molecule has 0 aliphatic heterocycles. The van der Waals surface area contributed by atoms with Crippen LogP contribution in [-0.4, -0.2) is 24.5 Å². The number of fused-ring (bicyclic) bond motifs is 10. The van der Waals surface area contributed by atoms with Gasteiger partial charge >= 0.3 is 235 Å². The Morgan fingerprint density at radius 3 is 1.92 bits per heavy atom. The van der Waals surface area contributed by atoms with Crippen LogP contribution in [0.5, 0.6) is 0 Å². The summed E-state index contributed by atoms with van der Waals surface area (Å²) in [4.78, 5) is 5.33. The molecule has 39 heavy (non-hydrogen) atoms. The molecule has 8 rings (SSSR count). The summed E-state index contributed by atoms with van der Waals surface area (Å²) >= 11 is 3.77. The molecule has 184 valence electrons. The van der Waals surface area contributed by atoms with E-state index in [9.17, 15) is 0 Å². The average molecular weight is 582 g/mol. The van der Waals surface area contributed by atoms with Crippen molar-refractivity contribution in [2.45, 2.75) is 0 Å². The van der Waals surface area contributed by atoms with Crippen LogP contribution >= 0.6 is 5.51 Å². The van der Waals surface area contributed by atoms with Crippen molar-refractivity contribution in [2.75, 3.05) is 0 Å². The molecule has 0 amide bonds. The van der Waals surface area contributed by atoms with Crippen LogP contribution in [0.4, 0.5) is 0 Å². The quantitative estimate of drug-likeness (QED) is 0.121. The number of benzene rings is 6. The SMILES string of the molecule is [Se]=P(c1ccccc1)(c1ccccc1)c1cccc2nc3c4ccc5ccccc5c4c4ccccc4n3c12. The topological polar surface area (TPSA) is 17.3 Å². The van der Waals surface area contributed by atoms with E-state index in [4.69, 9.17) is 4.98 Å². The van der Waals surface area contributed by atoms with E-state index in [2.05, 4.69) is 159 Å². The van der Waals surface area contributed by atoms with E-state index in [0.717, 1.165) is 11.2 Å².